The van der Waals surface area contributed by atoms with Crippen molar-refractivity contribution in [1.82, 2.24) is 24.9 Å². The molecule has 3 N–H and O–H groups in total. The molecule has 8 nitrogen and oxygen atoms in total. The van der Waals surface area contributed by atoms with Crippen LogP contribution < -0.4 is 10.6 Å². The van der Waals surface area contributed by atoms with E-state index in [2.05, 4.69) is 43.6 Å². The predicted octanol–water partition coefficient (Wildman–Crippen LogP) is 4.17. The number of imidazole rings is 1. The Morgan fingerprint density at radius 3 is 2.83 bits per heavy atom. The highest BCUT2D eigenvalue weighted by Crippen LogP contribution is 2.32. The van der Waals surface area contributed by atoms with Gasteiger partial charge in [-0.05, 0) is 26.0 Å². The van der Waals surface area contributed by atoms with E-state index < -0.39 is 0 Å². The topological polar surface area (TPSA) is 101 Å². The third kappa shape index (κ3) is 3.94. The Balaban J connectivity index is 1.74. The Bertz CT molecular complexity index is 1150. The smallest absolute Gasteiger partial charge is 0.182 e. The van der Waals surface area contributed by atoms with Crippen molar-refractivity contribution in [3.05, 3.63) is 47.5 Å². The zero-order valence-corrected chi connectivity index (χ0v) is 17.2. The van der Waals surface area contributed by atoms with Gasteiger partial charge in [-0.25, -0.2) is 19.9 Å². The Kier molecular flexibility index (Phi) is 5.46. The van der Waals surface area contributed by atoms with Gasteiger partial charge in [-0.1, -0.05) is 23.7 Å². The molecule has 150 valence electrons. The zero-order chi connectivity index (χ0) is 20.4. The molecule has 0 amide bonds. The van der Waals surface area contributed by atoms with E-state index in [0.29, 0.717) is 23.1 Å². The van der Waals surface area contributed by atoms with Gasteiger partial charge in [0.25, 0.3) is 0 Å². The average Bonchev–Trinajstić information content (AvgIpc) is 3.18. The van der Waals surface area contributed by atoms with Crippen molar-refractivity contribution in [2.24, 2.45) is 0 Å². The number of pyridine rings is 1. The molecule has 3 heterocycles. The molecule has 0 aliphatic carbocycles. The van der Waals surface area contributed by atoms with Crippen molar-refractivity contribution < 1.29 is 4.74 Å². The van der Waals surface area contributed by atoms with Crippen LogP contribution in [0.5, 0.6) is 0 Å². The van der Waals surface area contributed by atoms with Gasteiger partial charge >= 0.3 is 0 Å². The van der Waals surface area contributed by atoms with Crippen LogP contribution in [0.3, 0.4) is 0 Å². The molecule has 2 atom stereocenters. The average molecular weight is 412 g/mol. The summed E-state index contributed by atoms with van der Waals surface area (Å²) in [6.45, 7) is 4.66. The lowest BCUT2D eigenvalue weighted by Gasteiger charge is -2.22. The van der Waals surface area contributed by atoms with E-state index in [9.17, 15) is 0 Å². The van der Waals surface area contributed by atoms with Crippen molar-refractivity contribution in [3.8, 4) is 0 Å². The molecular formula is C20H22ClN7O. The Morgan fingerprint density at radius 2 is 2.00 bits per heavy atom. The van der Waals surface area contributed by atoms with Gasteiger partial charge in [0.05, 0.1) is 29.5 Å². The zero-order valence-electron chi connectivity index (χ0n) is 16.4. The number of aromatic nitrogens is 5. The molecule has 4 aromatic rings. The van der Waals surface area contributed by atoms with E-state index in [1.165, 1.54) is 6.33 Å². The Hall–Kier alpha value is -2.97. The van der Waals surface area contributed by atoms with Crippen LogP contribution in [0.15, 0.2) is 36.9 Å². The number of hydrogen-bond acceptors (Lipinski definition) is 7. The van der Waals surface area contributed by atoms with Crippen LogP contribution in [0.25, 0.3) is 22.1 Å². The standard InChI is InChI=1S/C20H22ClN7O/c1-11(8-29-3)26-18-14(7-13-5-4-6-15(21)16(13)28-18)12(2)27-20-17-19(23-9-22-17)24-10-25-20/h4-7,9-12H,8H2,1-3H3,(H,26,28)(H2,22,23,24,25,27)/t11-,12?/m0/s1. The first kappa shape index (κ1) is 19.4. The van der Waals surface area contributed by atoms with Crippen LogP contribution in [0.4, 0.5) is 11.6 Å². The molecule has 0 spiro atoms. The van der Waals surface area contributed by atoms with E-state index >= 15 is 0 Å². The van der Waals surface area contributed by atoms with Gasteiger partial charge in [-0.2, -0.15) is 0 Å². The van der Waals surface area contributed by atoms with Gasteiger partial charge in [-0.15, -0.1) is 0 Å². The van der Waals surface area contributed by atoms with E-state index in [-0.39, 0.29) is 12.1 Å². The van der Waals surface area contributed by atoms with Crippen LogP contribution in [-0.2, 0) is 4.74 Å². The minimum atomic E-state index is -0.0930. The van der Waals surface area contributed by atoms with Gasteiger partial charge in [0.15, 0.2) is 11.5 Å². The first-order chi connectivity index (χ1) is 14.1. The summed E-state index contributed by atoms with van der Waals surface area (Å²) in [5.41, 5.74) is 3.13. The lowest BCUT2D eigenvalue weighted by atomic mass is 10.1. The molecule has 0 fully saturated rings. The third-order valence-electron chi connectivity index (χ3n) is 4.67. The lowest BCUT2D eigenvalue weighted by Crippen LogP contribution is -2.23. The maximum absolute atomic E-state index is 6.38. The van der Waals surface area contributed by atoms with Crippen LogP contribution in [0.2, 0.25) is 5.02 Å². The van der Waals surface area contributed by atoms with Gasteiger partial charge in [0.2, 0.25) is 0 Å². The second kappa shape index (κ2) is 8.18. The number of H-pyrrole nitrogens is 1. The van der Waals surface area contributed by atoms with Gasteiger partial charge in [0, 0.05) is 24.1 Å². The normalized spacial score (nSPS) is 13.5. The largest absolute Gasteiger partial charge is 0.383 e. The van der Waals surface area contributed by atoms with Crippen LogP contribution in [-0.4, -0.2) is 44.7 Å². The molecule has 9 heteroatoms. The molecule has 1 unspecified atom stereocenters. The first-order valence-electron chi connectivity index (χ1n) is 9.32. The van der Waals surface area contributed by atoms with Crippen LogP contribution >= 0.6 is 11.6 Å². The second-order valence-corrected chi connectivity index (χ2v) is 7.34. The first-order valence-corrected chi connectivity index (χ1v) is 9.70. The number of rotatable bonds is 7. The summed E-state index contributed by atoms with van der Waals surface area (Å²) >= 11 is 6.38. The van der Waals surface area contributed by atoms with Crippen molar-refractivity contribution in [2.75, 3.05) is 24.4 Å². The highest BCUT2D eigenvalue weighted by molar-refractivity contribution is 6.35. The third-order valence-corrected chi connectivity index (χ3v) is 4.97. The predicted molar refractivity (Wildman–Crippen MR) is 115 cm³/mol. The van der Waals surface area contributed by atoms with Gasteiger partial charge in [0.1, 0.15) is 17.7 Å². The van der Waals surface area contributed by atoms with Crippen LogP contribution in [0, 0.1) is 0 Å². The molecule has 0 saturated carbocycles. The van der Waals surface area contributed by atoms with E-state index in [1.807, 2.05) is 25.1 Å². The highest BCUT2D eigenvalue weighted by atomic mass is 35.5. The van der Waals surface area contributed by atoms with E-state index in [0.717, 1.165) is 27.8 Å². The Morgan fingerprint density at radius 1 is 1.14 bits per heavy atom. The van der Waals surface area contributed by atoms with Crippen molar-refractivity contribution >= 4 is 45.3 Å². The number of anilines is 2. The van der Waals surface area contributed by atoms with Gasteiger partial charge in [-0.3, -0.25) is 0 Å². The molecule has 0 radical (unpaired) electrons. The fraction of sp³-hybridized carbons (Fsp3) is 0.300. The van der Waals surface area contributed by atoms with Gasteiger partial charge < -0.3 is 20.4 Å². The fourth-order valence-electron chi connectivity index (χ4n) is 3.31. The monoisotopic (exact) mass is 411 g/mol. The second-order valence-electron chi connectivity index (χ2n) is 6.93. The molecule has 29 heavy (non-hydrogen) atoms. The minimum absolute atomic E-state index is 0.0803. The molecule has 0 aliphatic rings. The van der Waals surface area contributed by atoms with E-state index in [1.54, 1.807) is 13.4 Å². The maximum Gasteiger partial charge on any atom is 0.182 e. The molecular weight excluding hydrogens is 390 g/mol. The number of para-hydroxylation sites is 1. The number of aromatic amines is 1. The number of benzene rings is 1. The molecule has 1 aromatic carbocycles. The SMILES string of the molecule is COC[C@H](C)Nc1nc2c(Cl)cccc2cc1C(C)Nc1ncnc2nc[nH]c12. The number of fused-ring (bicyclic) bond motifs is 2. The quantitative estimate of drug-likeness (QED) is 0.419. The van der Waals surface area contributed by atoms with Crippen molar-refractivity contribution in [3.63, 3.8) is 0 Å². The summed E-state index contributed by atoms with van der Waals surface area (Å²) in [5, 5.41) is 8.48. The fourth-order valence-corrected chi connectivity index (χ4v) is 3.53. The molecule has 0 aliphatic heterocycles. The lowest BCUT2D eigenvalue weighted by molar-refractivity contribution is 0.190. The van der Waals surface area contributed by atoms with Crippen LogP contribution in [0.1, 0.15) is 25.5 Å². The Labute approximate surface area is 173 Å². The number of ether oxygens (including phenoxy) is 1. The van der Waals surface area contributed by atoms with Crippen molar-refractivity contribution in [1.29, 1.82) is 0 Å². The molecule has 4 rings (SSSR count). The van der Waals surface area contributed by atoms with E-state index in [4.69, 9.17) is 21.3 Å². The summed E-state index contributed by atoms with van der Waals surface area (Å²) in [7, 11) is 1.68. The number of methoxy groups -OCH3 is 1. The molecule has 3 aromatic heterocycles. The highest BCUT2D eigenvalue weighted by Gasteiger charge is 2.18. The minimum Gasteiger partial charge on any atom is -0.383 e. The molecule has 0 saturated heterocycles. The number of halogens is 1. The summed E-state index contributed by atoms with van der Waals surface area (Å²) in [4.78, 5) is 20.6. The summed E-state index contributed by atoms with van der Waals surface area (Å²) < 4.78 is 5.26. The summed E-state index contributed by atoms with van der Waals surface area (Å²) in [5.74, 6) is 1.44. The number of hydrogen-bond donors (Lipinski definition) is 3. The summed E-state index contributed by atoms with van der Waals surface area (Å²) in [6.07, 6.45) is 3.10. The van der Waals surface area contributed by atoms with Crippen molar-refractivity contribution in [2.45, 2.75) is 25.9 Å². The maximum atomic E-state index is 6.38. The summed E-state index contributed by atoms with van der Waals surface area (Å²) in [6, 6.07) is 7.86. The molecule has 0 bridgehead atoms. The number of nitrogens with one attached hydrogen (secondary N) is 3. The number of nitrogens with zero attached hydrogens (tertiary/aromatic N) is 4.